The normalized spacial score (nSPS) is 11.9. The standard InChI is InChI=1S/C44H33N5/c1-45-26-24-33(25-27-45)48-39-17-9-7-15-35(39)37-28-42-36(29-43(37)48)34-14-6-8-16-38(34)47(42)32-22-20-30(21-23-32)44-46(2)40-18-10-11-19-41(40)49(44)31-12-4-3-5-13-31/h3-29H,1-2H3/q+2. The monoisotopic (exact) mass is 631 g/mol. The number of aryl methyl sites for hydroxylation is 2. The zero-order chi connectivity index (χ0) is 32.6. The van der Waals surface area contributed by atoms with E-state index in [1.54, 1.807) is 0 Å². The smallest absolute Gasteiger partial charge is 0.294 e. The topological polar surface area (TPSA) is 22.5 Å². The Hall–Kier alpha value is -6.46. The first-order chi connectivity index (χ1) is 24.2. The van der Waals surface area contributed by atoms with Crippen molar-refractivity contribution in [3.05, 3.63) is 164 Å². The summed E-state index contributed by atoms with van der Waals surface area (Å²) in [4.78, 5) is 0. The second-order valence-electron chi connectivity index (χ2n) is 12.9. The molecule has 0 aliphatic carbocycles. The summed E-state index contributed by atoms with van der Waals surface area (Å²) in [5.74, 6) is 1.14. The van der Waals surface area contributed by atoms with E-state index in [0.717, 1.165) is 28.5 Å². The molecule has 0 aliphatic rings. The number of aromatic nitrogens is 5. The molecular weight excluding hydrogens is 599 g/mol. The molecular formula is C44H33N5+2. The first-order valence-electron chi connectivity index (χ1n) is 16.7. The second-order valence-corrected chi connectivity index (χ2v) is 12.9. The van der Waals surface area contributed by atoms with Gasteiger partial charge in [-0.05, 0) is 72.8 Å². The van der Waals surface area contributed by atoms with Gasteiger partial charge in [0.15, 0.2) is 23.4 Å². The van der Waals surface area contributed by atoms with Gasteiger partial charge in [0.2, 0.25) is 0 Å². The Balaban J connectivity index is 1.20. The number of benzene rings is 6. The molecule has 0 N–H and O–H groups in total. The fourth-order valence-electron chi connectivity index (χ4n) is 7.86. The Morgan fingerprint density at radius 1 is 0.388 bits per heavy atom. The number of rotatable bonds is 4. The van der Waals surface area contributed by atoms with E-state index >= 15 is 0 Å². The summed E-state index contributed by atoms with van der Waals surface area (Å²) >= 11 is 0. The van der Waals surface area contributed by atoms with Crippen LogP contribution in [0.25, 0.3) is 83.1 Å². The second kappa shape index (κ2) is 10.5. The van der Waals surface area contributed by atoms with Gasteiger partial charge in [0.25, 0.3) is 5.82 Å². The van der Waals surface area contributed by atoms with Crippen molar-refractivity contribution in [1.82, 2.24) is 13.7 Å². The van der Waals surface area contributed by atoms with Gasteiger partial charge < -0.3 is 9.13 Å². The number of pyridine rings is 1. The van der Waals surface area contributed by atoms with Crippen molar-refractivity contribution < 1.29 is 9.13 Å². The summed E-state index contributed by atoms with van der Waals surface area (Å²) in [6.45, 7) is 0. The van der Waals surface area contributed by atoms with Crippen LogP contribution in [-0.4, -0.2) is 13.7 Å². The molecule has 10 aromatic rings. The molecule has 0 spiro atoms. The number of nitrogens with zero attached hydrogens (tertiary/aromatic N) is 5. The van der Waals surface area contributed by atoms with Gasteiger partial charge >= 0.3 is 0 Å². The Kier molecular flexibility index (Phi) is 5.94. The number of para-hydroxylation sites is 5. The van der Waals surface area contributed by atoms with Gasteiger partial charge in [0, 0.05) is 39.4 Å². The molecule has 10 rings (SSSR count). The maximum Gasteiger partial charge on any atom is 0.294 e. The Bertz CT molecular complexity index is 2870. The predicted octanol–water partition coefficient (Wildman–Crippen LogP) is 9.14. The van der Waals surface area contributed by atoms with Crippen molar-refractivity contribution in [3.63, 3.8) is 0 Å². The van der Waals surface area contributed by atoms with Crippen molar-refractivity contribution in [2.45, 2.75) is 0 Å². The Morgan fingerprint density at radius 2 is 0.878 bits per heavy atom. The first-order valence-corrected chi connectivity index (χ1v) is 16.7. The van der Waals surface area contributed by atoms with E-state index in [1.807, 2.05) is 0 Å². The molecule has 4 heterocycles. The average molecular weight is 632 g/mol. The lowest BCUT2D eigenvalue weighted by Gasteiger charge is -2.10. The molecule has 0 saturated carbocycles. The predicted molar refractivity (Wildman–Crippen MR) is 200 cm³/mol. The zero-order valence-electron chi connectivity index (χ0n) is 27.3. The van der Waals surface area contributed by atoms with Crippen LogP contribution in [-0.2, 0) is 14.1 Å². The summed E-state index contributed by atoms with van der Waals surface area (Å²) in [7, 11) is 4.22. The fraction of sp³-hybridized carbons (Fsp3) is 0.0455. The summed E-state index contributed by atoms with van der Waals surface area (Å²) < 4.78 is 11.6. The number of hydrogen-bond donors (Lipinski definition) is 0. The number of imidazole rings is 1. The van der Waals surface area contributed by atoms with Gasteiger partial charge in [0.1, 0.15) is 12.7 Å². The molecule has 5 heteroatoms. The van der Waals surface area contributed by atoms with Crippen LogP contribution in [0.5, 0.6) is 0 Å². The largest absolute Gasteiger partial charge is 0.309 e. The lowest BCUT2D eigenvalue weighted by atomic mass is 10.1. The van der Waals surface area contributed by atoms with Crippen LogP contribution in [0, 0.1) is 0 Å². The Labute approximate surface area is 283 Å². The quantitative estimate of drug-likeness (QED) is 0.173. The summed E-state index contributed by atoms with van der Waals surface area (Å²) in [5.41, 5.74) is 11.8. The minimum absolute atomic E-state index is 1.14. The van der Waals surface area contributed by atoms with Gasteiger partial charge in [-0.3, -0.25) is 0 Å². The fourth-order valence-corrected chi connectivity index (χ4v) is 7.86. The third-order valence-electron chi connectivity index (χ3n) is 10.1. The Morgan fingerprint density at radius 3 is 1.49 bits per heavy atom. The van der Waals surface area contributed by atoms with E-state index in [1.165, 1.54) is 54.6 Å². The van der Waals surface area contributed by atoms with Gasteiger partial charge in [-0.25, -0.2) is 9.13 Å². The molecule has 49 heavy (non-hydrogen) atoms. The molecule has 0 aliphatic heterocycles. The molecule has 0 bridgehead atoms. The van der Waals surface area contributed by atoms with Crippen molar-refractivity contribution in [2.75, 3.05) is 0 Å². The SMILES string of the molecule is C[n+]1ccc(-n2c3ccccc3c3cc4c(cc32)c2ccccc2n4-c2ccc(-c3n(-c4ccccc4)c4ccccc4[n+]3C)cc2)cc1. The molecule has 5 nitrogen and oxygen atoms in total. The highest BCUT2D eigenvalue weighted by Crippen LogP contribution is 2.39. The summed E-state index contributed by atoms with van der Waals surface area (Å²) in [6, 6.07) is 55.0. The summed E-state index contributed by atoms with van der Waals surface area (Å²) in [6.07, 6.45) is 4.23. The molecule has 6 aromatic carbocycles. The first kappa shape index (κ1) is 27.6. The molecule has 0 fully saturated rings. The number of hydrogen-bond acceptors (Lipinski definition) is 0. The van der Waals surface area contributed by atoms with E-state index in [0.29, 0.717) is 0 Å². The van der Waals surface area contributed by atoms with Crippen LogP contribution in [0.3, 0.4) is 0 Å². The molecule has 0 radical (unpaired) electrons. The van der Waals surface area contributed by atoms with Crippen LogP contribution in [0.2, 0.25) is 0 Å². The van der Waals surface area contributed by atoms with E-state index in [4.69, 9.17) is 0 Å². The molecule has 0 unspecified atom stereocenters. The average Bonchev–Trinajstić information content (AvgIpc) is 3.76. The van der Waals surface area contributed by atoms with Gasteiger partial charge in [-0.15, -0.1) is 0 Å². The van der Waals surface area contributed by atoms with Gasteiger partial charge in [-0.1, -0.05) is 66.7 Å². The van der Waals surface area contributed by atoms with Crippen LogP contribution < -0.4 is 9.13 Å². The van der Waals surface area contributed by atoms with Gasteiger partial charge in [0.05, 0.1) is 40.4 Å². The zero-order valence-corrected chi connectivity index (χ0v) is 27.3. The van der Waals surface area contributed by atoms with Crippen molar-refractivity contribution >= 4 is 54.6 Å². The lowest BCUT2D eigenvalue weighted by molar-refractivity contribution is -0.671. The maximum absolute atomic E-state index is 2.43. The van der Waals surface area contributed by atoms with Crippen molar-refractivity contribution in [1.29, 1.82) is 0 Å². The highest BCUT2D eigenvalue weighted by Gasteiger charge is 2.26. The van der Waals surface area contributed by atoms with Gasteiger partial charge in [-0.2, -0.15) is 4.57 Å². The minimum Gasteiger partial charge on any atom is -0.309 e. The number of fused-ring (bicyclic) bond motifs is 7. The molecule has 4 aromatic heterocycles. The molecule has 0 amide bonds. The summed E-state index contributed by atoms with van der Waals surface area (Å²) in [5, 5.41) is 4.99. The lowest BCUT2D eigenvalue weighted by Crippen LogP contribution is -2.30. The van der Waals surface area contributed by atoms with Crippen LogP contribution in [0.1, 0.15) is 0 Å². The van der Waals surface area contributed by atoms with E-state index in [-0.39, 0.29) is 0 Å². The van der Waals surface area contributed by atoms with Crippen LogP contribution in [0.4, 0.5) is 0 Å². The van der Waals surface area contributed by atoms with Crippen molar-refractivity contribution in [3.8, 4) is 28.5 Å². The van der Waals surface area contributed by atoms with E-state index in [2.05, 4.69) is 201 Å². The third kappa shape index (κ3) is 4.06. The van der Waals surface area contributed by atoms with E-state index in [9.17, 15) is 0 Å². The molecule has 232 valence electrons. The van der Waals surface area contributed by atoms with Crippen LogP contribution >= 0.6 is 0 Å². The molecule has 0 atom stereocenters. The maximum atomic E-state index is 2.43. The van der Waals surface area contributed by atoms with Crippen LogP contribution in [0.15, 0.2) is 164 Å². The highest BCUT2D eigenvalue weighted by atomic mass is 15.2. The minimum atomic E-state index is 1.14. The highest BCUT2D eigenvalue weighted by molar-refractivity contribution is 6.19. The third-order valence-corrected chi connectivity index (χ3v) is 10.1. The van der Waals surface area contributed by atoms with E-state index < -0.39 is 0 Å². The van der Waals surface area contributed by atoms with Crippen molar-refractivity contribution in [2.24, 2.45) is 14.1 Å². The molecule has 0 saturated heterocycles.